The Kier molecular flexibility index (Phi) is 5.46. The van der Waals surface area contributed by atoms with Crippen LogP contribution in [0.2, 0.25) is 5.02 Å². The van der Waals surface area contributed by atoms with Crippen molar-refractivity contribution in [1.29, 1.82) is 0 Å². The van der Waals surface area contributed by atoms with Crippen molar-refractivity contribution in [2.24, 2.45) is 0 Å². The van der Waals surface area contributed by atoms with Crippen molar-refractivity contribution in [2.45, 2.75) is 32.8 Å². The smallest absolute Gasteiger partial charge is 0.414 e. The number of hydrogen-bond donors (Lipinski definition) is 1. The number of benzene rings is 2. The second-order valence-corrected chi connectivity index (χ2v) is 6.58. The van der Waals surface area contributed by atoms with E-state index in [0.29, 0.717) is 34.9 Å². The van der Waals surface area contributed by atoms with E-state index in [2.05, 4.69) is 5.32 Å². The van der Waals surface area contributed by atoms with Gasteiger partial charge in [0.1, 0.15) is 11.5 Å². The van der Waals surface area contributed by atoms with Crippen LogP contribution in [0, 0.1) is 0 Å². The van der Waals surface area contributed by atoms with E-state index in [0.717, 1.165) is 11.1 Å². The number of carbonyl (C=O) groups excluding carboxylic acids is 3. The van der Waals surface area contributed by atoms with Gasteiger partial charge in [0.2, 0.25) is 0 Å². The summed E-state index contributed by atoms with van der Waals surface area (Å²) in [5.41, 5.74) is 2.39. The van der Waals surface area contributed by atoms with Gasteiger partial charge >= 0.3 is 6.09 Å². The number of ether oxygens (including phenoxy) is 2. The maximum Gasteiger partial charge on any atom is 0.414 e. The van der Waals surface area contributed by atoms with Crippen molar-refractivity contribution in [1.82, 2.24) is 5.32 Å². The Bertz CT molecular complexity index is 925. The molecular formula is C20H18ClNO5. The maximum atomic E-state index is 11.7. The molecule has 1 N–H and O–H groups in total. The molecule has 3 rings (SSSR count). The van der Waals surface area contributed by atoms with Crippen LogP contribution in [-0.2, 0) is 22.4 Å². The molecule has 1 heterocycles. The van der Waals surface area contributed by atoms with Crippen LogP contribution in [0.3, 0.4) is 0 Å². The summed E-state index contributed by atoms with van der Waals surface area (Å²) < 4.78 is 10.8. The number of ketones is 1. The molecule has 0 aliphatic carbocycles. The van der Waals surface area contributed by atoms with E-state index in [4.69, 9.17) is 21.1 Å². The van der Waals surface area contributed by atoms with E-state index in [1.165, 1.54) is 6.92 Å². The van der Waals surface area contributed by atoms with Gasteiger partial charge in [-0.05, 0) is 54.8 Å². The molecule has 0 spiro atoms. The summed E-state index contributed by atoms with van der Waals surface area (Å²) >= 11 is 6.20. The van der Waals surface area contributed by atoms with Crippen molar-refractivity contribution in [3.05, 3.63) is 58.1 Å². The Labute approximate surface area is 161 Å². The van der Waals surface area contributed by atoms with Crippen LogP contribution in [-0.4, -0.2) is 23.9 Å². The molecule has 1 unspecified atom stereocenters. The minimum atomic E-state index is -0.817. The highest BCUT2D eigenvalue weighted by molar-refractivity contribution is 6.32. The van der Waals surface area contributed by atoms with Gasteiger partial charge in [-0.2, -0.15) is 0 Å². The second-order valence-electron chi connectivity index (χ2n) is 6.17. The first-order chi connectivity index (χ1) is 12.9. The number of nitrogens with one attached hydrogen (secondary N) is 1. The van der Waals surface area contributed by atoms with Crippen LogP contribution >= 0.6 is 11.6 Å². The van der Waals surface area contributed by atoms with E-state index in [-0.39, 0.29) is 5.78 Å². The molecular weight excluding hydrogens is 370 g/mol. The van der Waals surface area contributed by atoms with E-state index in [1.54, 1.807) is 24.3 Å². The predicted octanol–water partition coefficient (Wildman–Crippen LogP) is 4.07. The Morgan fingerprint density at radius 3 is 2.56 bits per heavy atom. The van der Waals surface area contributed by atoms with Crippen LogP contribution in [0.1, 0.15) is 35.3 Å². The van der Waals surface area contributed by atoms with Gasteiger partial charge in [-0.1, -0.05) is 24.6 Å². The van der Waals surface area contributed by atoms with E-state index in [9.17, 15) is 14.4 Å². The third kappa shape index (κ3) is 4.28. The second kappa shape index (κ2) is 7.80. The molecule has 1 atom stereocenters. The number of aryl methyl sites for hydroxylation is 1. The molecule has 6 nitrogen and oxygen atoms in total. The summed E-state index contributed by atoms with van der Waals surface area (Å²) in [6.45, 7) is 3.46. The minimum absolute atomic E-state index is 0.0716. The van der Waals surface area contributed by atoms with Crippen LogP contribution in [0.5, 0.6) is 11.5 Å². The number of amides is 2. The number of rotatable bonds is 6. The van der Waals surface area contributed by atoms with Gasteiger partial charge in [0.15, 0.2) is 11.9 Å². The number of cyclic esters (lactones) is 1. The zero-order valence-corrected chi connectivity index (χ0v) is 15.6. The fraction of sp³-hybridized carbons (Fsp3) is 0.250. The Morgan fingerprint density at radius 1 is 1.19 bits per heavy atom. The molecule has 27 heavy (non-hydrogen) atoms. The third-order valence-corrected chi connectivity index (χ3v) is 4.59. The molecule has 1 saturated heterocycles. The standard InChI is InChI=1S/C20H18ClNO5/c1-3-12-8-15(26-17-7-5-13(11(2)23)9-16(17)21)6-4-14(12)10-18-19(24)22-20(25)27-18/h4-9,18H,3,10H2,1-2H3,(H,22,24,25). The molecule has 140 valence electrons. The summed E-state index contributed by atoms with van der Waals surface area (Å²) in [7, 11) is 0. The molecule has 1 aliphatic heterocycles. The normalized spacial score (nSPS) is 16.0. The molecule has 2 aromatic rings. The van der Waals surface area contributed by atoms with Crippen molar-refractivity contribution in [3.8, 4) is 11.5 Å². The molecule has 0 bridgehead atoms. The lowest BCUT2D eigenvalue weighted by Crippen LogP contribution is -2.26. The lowest BCUT2D eigenvalue weighted by molar-refractivity contribution is -0.123. The molecule has 1 fully saturated rings. The number of alkyl carbamates (subject to hydrolysis) is 1. The average Bonchev–Trinajstić information content (AvgIpc) is 2.94. The quantitative estimate of drug-likeness (QED) is 0.755. The van der Waals surface area contributed by atoms with Crippen LogP contribution in [0.25, 0.3) is 0 Å². The molecule has 0 radical (unpaired) electrons. The zero-order valence-electron chi connectivity index (χ0n) is 14.9. The van der Waals surface area contributed by atoms with Gasteiger partial charge in [0, 0.05) is 12.0 Å². The van der Waals surface area contributed by atoms with Gasteiger partial charge in [0.25, 0.3) is 5.91 Å². The third-order valence-electron chi connectivity index (χ3n) is 4.30. The summed E-state index contributed by atoms with van der Waals surface area (Å²) in [4.78, 5) is 34.3. The lowest BCUT2D eigenvalue weighted by atomic mass is 9.99. The highest BCUT2D eigenvalue weighted by Gasteiger charge is 2.32. The number of halogens is 1. The molecule has 2 aromatic carbocycles. The van der Waals surface area contributed by atoms with Crippen LogP contribution in [0.15, 0.2) is 36.4 Å². The van der Waals surface area contributed by atoms with Crippen molar-refractivity contribution < 1.29 is 23.9 Å². The highest BCUT2D eigenvalue weighted by atomic mass is 35.5. The number of hydrogen-bond acceptors (Lipinski definition) is 5. The first-order valence-electron chi connectivity index (χ1n) is 8.49. The molecule has 7 heteroatoms. The molecule has 0 aromatic heterocycles. The molecule has 0 saturated carbocycles. The van der Waals surface area contributed by atoms with Crippen LogP contribution < -0.4 is 10.1 Å². The van der Waals surface area contributed by atoms with Crippen LogP contribution in [0.4, 0.5) is 4.79 Å². The number of Topliss-reactive ketones (excluding diaryl/α,β-unsaturated/α-hetero) is 1. The van der Waals surface area contributed by atoms with Gasteiger partial charge in [-0.3, -0.25) is 14.9 Å². The van der Waals surface area contributed by atoms with E-state index in [1.807, 2.05) is 19.1 Å². The minimum Gasteiger partial charge on any atom is -0.456 e. The maximum absolute atomic E-state index is 11.7. The predicted molar refractivity (Wildman–Crippen MR) is 99.5 cm³/mol. The molecule has 1 aliphatic rings. The number of imide groups is 1. The van der Waals surface area contributed by atoms with Crippen molar-refractivity contribution in [3.63, 3.8) is 0 Å². The fourth-order valence-corrected chi connectivity index (χ4v) is 3.07. The Morgan fingerprint density at radius 2 is 1.96 bits per heavy atom. The topological polar surface area (TPSA) is 81.7 Å². The largest absolute Gasteiger partial charge is 0.456 e. The summed E-state index contributed by atoms with van der Waals surface area (Å²) in [5, 5.41) is 2.47. The average molecular weight is 388 g/mol. The van der Waals surface area contributed by atoms with E-state index >= 15 is 0 Å². The van der Waals surface area contributed by atoms with Gasteiger partial charge in [-0.15, -0.1) is 0 Å². The van der Waals surface area contributed by atoms with Gasteiger partial charge in [0.05, 0.1) is 5.02 Å². The van der Waals surface area contributed by atoms with Gasteiger partial charge in [-0.25, -0.2) is 4.79 Å². The summed E-state index contributed by atoms with van der Waals surface area (Å²) in [6.07, 6.45) is -0.518. The first kappa shape index (κ1) is 18.9. The van der Waals surface area contributed by atoms with E-state index < -0.39 is 18.1 Å². The van der Waals surface area contributed by atoms with Crippen molar-refractivity contribution >= 4 is 29.4 Å². The monoisotopic (exact) mass is 387 g/mol. The zero-order chi connectivity index (χ0) is 19.6. The van der Waals surface area contributed by atoms with Crippen molar-refractivity contribution in [2.75, 3.05) is 0 Å². The van der Waals surface area contributed by atoms with Gasteiger partial charge < -0.3 is 9.47 Å². The summed E-state index contributed by atoms with van der Waals surface area (Å²) in [6, 6.07) is 10.3. The fourth-order valence-electron chi connectivity index (χ4n) is 2.85. The first-order valence-corrected chi connectivity index (χ1v) is 8.86. The Hall–Kier alpha value is -2.86. The Balaban J connectivity index is 1.79. The highest BCUT2D eigenvalue weighted by Crippen LogP contribution is 2.31. The SMILES string of the molecule is CCc1cc(Oc2ccc(C(C)=O)cc2Cl)ccc1CC1OC(=O)NC1=O. The lowest BCUT2D eigenvalue weighted by Gasteiger charge is -2.14. The molecule has 2 amide bonds. The number of carbonyl (C=O) groups is 3. The summed E-state index contributed by atoms with van der Waals surface area (Å²) in [5.74, 6) is 0.527.